The molecule has 0 saturated carbocycles. The third kappa shape index (κ3) is 5.31. The Hall–Kier alpha value is -2.47. The van der Waals surface area contributed by atoms with E-state index in [0.717, 1.165) is 11.4 Å². The summed E-state index contributed by atoms with van der Waals surface area (Å²) < 4.78 is 16.2. The van der Waals surface area contributed by atoms with Crippen molar-refractivity contribution < 1.29 is 14.2 Å². The highest BCUT2D eigenvalue weighted by Crippen LogP contribution is 2.25. The summed E-state index contributed by atoms with van der Waals surface area (Å²) in [5, 5.41) is 6.86. The van der Waals surface area contributed by atoms with Gasteiger partial charge >= 0.3 is 0 Å². The molecule has 2 aromatic rings. The van der Waals surface area contributed by atoms with E-state index in [2.05, 4.69) is 10.6 Å². The average molecular weight is 346 g/mol. The Balaban J connectivity index is 1.80. The Morgan fingerprint density at radius 1 is 1.00 bits per heavy atom. The van der Waals surface area contributed by atoms with Gasteiger partial charge in [0.05, 0.1) is 20.3 Å². The van der Waals surface area contributed by atoms with E-state index in [4.69, 9.17) is 26.4 Å². The van der Waals surface area contributed by atoms with Gasteiger partial charge in [-0.2, -0.15) is 0 Å². The van der Waals surface area contributed by atoms with Crippen LogP contribution < -0.4 is 24.8 Å². The fourth-order valence-corrected chi connectivity index (χ4v) is 2.38. The number of thiocarbonyl (C=S) groups is 1. The predicted octanol–water partition coefficient (Wildman–Crippen LogP) is 3.46. The van der Waals surface area contributed by atoms with Gasteiger partial charge in [-0.25, -0.2) is 0 Å². The molecule has 2 aromatic carbocycles. The van der Waals surface area contributed by atoms with Crippen molar-refractivity contribution in [3.05, 3.63) is 48.5 Å². The first kappa shape index (κ1) is 17.9. The maximum atomic E-state index is 5.78. The van der Waals surface area contributed by atoms with E-state index in [1.807, 2.05) is 55.5 Å². The number of ether oxygens (including phenoxy) is 3. The second-order valence-electron chi connectivity index (χ2n) is 5.19. The third-order valence-electron chi connectivity index (χ3n) is 3.28. The van der Waals surface area contributed by atoms with Gasteiger partial charge in [0.1, 0.15) is 12.4 Å². The van der Waals surface area contributed by atoms with Crippen LogP contribution in [0.1, 0.15) is 6.92 Å². The Morgan fingerprint density at radius 2 is 1.67 bits per heavy atom. The first-order valence-electron chi connectivity index (χ1n) is 7.59. The van der Waals surface area contributed by atoms with E-state index in [1.165, 1.54) is 0 Å². The molecule has 0 heterocycles. The number of hydrogen-bond donors (Lipinski definition) is 2. The lowest BCUT2D eigenvalue weighted by Gasteiger charge is -2.18. The van der Waals surface area contributed by atoms with Gasteiger partial charge in [0, 0.05) is 5.69 Å². The lowest BCUT2D eigenvalue weighted by atomic mass is 10.3. The molecule has 0 aliphatic carbocycles. The molecule has 0 aromatic heterocycles. The van der Waals surface area contributed by atoms with Crippen LogP contribution in [0.15, 0.2) is 48.5 Å². The van der Waals surface area contributed by atoms with Crippen molar-refractivity contribution in [3.63, 3.8) is 0 Å². The molecule has 0 saturated heterocycles. The van der Waals surface area contributed by atoms with Gasteiger partial charge in [0.25, 0.3) is 0 Å². The molecule has 128 valence electrons. The average Bonchev–Trinajstić information content (AvgIpc) is 2.60. The minimum atomic E-state index is 0.0353. The molecule has 1 unspecified atom stereocenters. The Labute approximate surface area is 147 Å². The highest BCUT2D eigenvalue weighted by molar-refractivity contribution is 7.80. The molecule has 0 aliphatic rings. The summed E-state index contributed by atoms with van der Waals surface area (Å²) in [5.74, 6) is 2.23. The van der Waals surface area contributed by atoms with Crippen molar-refractivity contribution in [2.45, 2.75) is 13.0 Å². The summed E-state index contributed by atoms with van der Waals surface area (Å²) in [7, 11) is 3.26. The monoisotopic (exact) mass is 346 g/mol. The SMILES string of the molecule is COc1ccc(NC(=S)NC(C)COc2ccccc2OC)cc1. The van der Waals surface area contributed by atoms with E-state index in [0.29, 0.717) is 23.2 Å². The normalized spacial score (nSPS) is 11.3. The smallest absolute Gasteiger partial charge is 0.171 e. The van der Waals surface area contributed by atoms with Crippen molar-refractivity contribution in [2.24, 2.45) is 0 Å². The molecule has 2 N–H and O–H groups in total. The number of methoxy groups -OCH3 is 2. The fourth-order valence-electron chi connectivity index (χ4n) is 2.06. The number of anilines is 1. The zero-order valence-electron chi connectivity index (χ0n) is 14.0. The highest BCUT2D eigenvalue weighted by atomic mass is 32.1. The number of para-hydroxylation sites is 2. The lowest BCUT2D eigenvalue weighted by molar-refractivity contribution is 0.270. The summed E-state index contributed by atoms with van der Waals surface area (Å²) in [6.07, 6.45) is 0. The molecular formula is C18H22N2O3S. The van der Waals surface area contributed by atoms with Gasteiger partial charge in [-0.15, -0.1) is 0 Å². The van der Waals surface area contributed by atoms with Crippen LogP contribution in [0.4, 0.5) is 5.69 Å². The summed E-state index contributed by atoms with van der Waals surface area (Å²) in [4.78, 5) is 0. The zero-order chi connectivity index (χ0) is 17.4. The molecule has 24 heavy (non-hydrogen) atoms. The topological polar surface area (TPSA) is 51.8 Å². The van der Waals surface area contributed by atoms with Gasteiger partial charge in [-0.05, 0) is 55.5 Å². The minimum absolute atomic E-state index is 0.0353. The van der Waals surface area contributed by atoms with Crippen LogP contribution in [0.2, 0.25) is 0 Å². The van der Waals surface area contributed by atoms with E-state index >= 15 is 0 Å². The van der Waals surface area contributed by atoms with Crippen LogP contribution >= 0.6 is 12.2 Å². The van der Waals surface area contributed by atoms with E-state index in [9.17, 15) is 0 Å². The van der Waals surface area contributed by atoms with Gasteiger partial charge in [-0.1, -0.05) is 12.1 Å². The highest BCUT2D eigenvalue weighted by Gasteiger charge is 2.08. The molecule has 5 nitrogen and oxygen atoms in total. The maximum Gasteiger partial charge on any atom is 0.171 e. The van der Waals surface area contributed by atoms with Crippen LogP contribution in [0.3, 0.4) is 0 Å². The maximum absolute atomic E-state index is 5.78. The zero-order valence-corrected chi connectivity index (χ0v) is 14.9. The van der Waals surface area contributed by atoms with Crippen molar-refractivity contribution in [3.8, 4) is 17.2 Å². The first-order valence-corrected chi connectivity index (χ1v) is 8.00. The predicted molar refractivity (Wildman–Crippen MR) is 100 cm³/mol. The number of nitrogens with one attached hydrogen (secondary N) is 2. The van der Waals surface area contributed by atoms with Crippen LogP contribution in [-0.2, 0) is 0 Å². The van der Waals surface area contributed by atoms with Crippen LogP contribution in [0.5, 0.6) is 17.2 Å². The molecule has 0 fully saturated rings. The number of benzene rings is 2. The van der Waals surface area contributed by atoms with Crippen LogP contribution in [0.25, 0.3) is 0 Å². The quantitative estimate of drug-likeness (QED) is 0.749. The second-order valence-corrected chi connectivity index (χ2v) is 5.60. The van der Waals surface area contributed by atoms with Gasteiger partial charge < -0.3 is 24.8 Å². The molecule has 6 heteroatoms. The van der Waals surface area contributed by atoms with E-state index in [1.54, 1.807) is 14.2 Å². The number of rotatable bonds is 7. The molecule has 0 spiro atoms. The van der Waals surface area contributed by atoms with Crippen molar-refractivity contribution in [2.75, 3.05) is 26.1 Å². The first-order chi connectivity index (χ1) is 11.6. The van der Waals surface area contributed by atoms with E-state index < -0.39 is 0 Å². The second kappa shape index (κ2) is 8.98. The largest absolute Gasteiger partial charge is 0.497 e. The molecule has 0 amide bonds. The van der Waals surface area contributed by atoms with Gasteiger partial charge in [0.15, 0.2) is 16.6 Å². The van der Waals surface area contributed by atoms with Crippen LogP contribution in [-0.4, -0.2) is 32.0 Å². The molecule has 1 atom stereocenters. The van der Waals surface area contributed by atoms with Gasteiger partial charge in [-0.3, -0.25) is 0 Å². The van der Waals surface area contributed by atoms with Crippen molar-refractivity contribution in [1.82, 2.24) is 5.32 Å². The summed E-state index contributed by atoms with van der Waals surface area (Å²) in [6.45, 7) is 2.46. The van der Waals surface area contributed by atoms with E-state index in [-0.39, 0.29) is 6.04 Å². The summed E-state index contributed by atoms with van der Waals surface area (Å²) in [6, 6.07) is 15.1. The Kier molecular flexibility index (Phi) is 6.69. The molecular weight excluding hydrogens is 324 g/mol. The van der Waals surface area contributed by atoms with Crippen LogP contribution in [0, 0.1) is 0 Å². The molecule has 0 bridgehead atoms. The minimum Gasteiger partial charge on any atom is -0.497 e. The van der Waals surface area contributed by atoms with Crippen molar-refractivity contribution in [1.29, 1.82) is 0 Å². The van der Waals surface area contributed by atoms with Crippen molar-refractivity contribution >= 4 is 23.0 Å². The molecule has 2 rings (SSSR count). The standard InChI is InChI=1S/C18H22N2O3S/c1-13(12-23-17-7-5-4-6-16(17)22-3)19-18(24)20-14-8-10-15(21-2)11-9-14/h4-11,13H,12H2,1-3H3,(H2,19,20,24). The summed E-state index contributed by atoms with van der Waals surface area (Å²) >= 11 is 5.32. The fraction of sp³-hybridized carbons (Fsp3) is 0.278. The summed E-state index contributed by atoms with van der Waals surface area (Å²) in [5.41, 5.74) is 0.895. The number of hydrogen-bond acceptors (Lipinski definition) is 4. The van der Waals surface area contributed by atoms with Gasteiger partial charge in [0.2, 0.25) is 0 Å². The lowest BCUT2D eigenvalue weighted by Crippen LogP contribution is -2.39. The Bertz CT molecular complexity index is 662. The molecule has 0 aliphatic heterocycles. The third-order valence-corrected chi connectivity index (χ3v) is 3.50. The Morgan fingerprint density at radius 3 is 2.29 bits per heavy atom. The molecule has 0 radical (unpaired) electrons.